The largest absolute Gasteiger partial charge is 0.350 e. The molecule has 4 fully saturated rings. The van der Waals surface area contributed by atoms with E-state index in [4.69, 9.17) is 0 Å². The van der Waals surface area contributed by atoms with Gasteiger partial charge in [0.1, 0.15) is 17.0 Å². The van der Waals surface area contributed by atoms with Crippen molar-refractivity contribution < 1.29 is 9.59 Å². The van der Waals surface area contributed by atoms with Gasteiger partial charge in [-0.15, -0.1) is 0 Å². The van der Waals surface area contributed by atoms with Gasteiger partial charge in [0.05, 0.1) is 0 Å². The van der Waals surface area contributed by atoms with E-state index in [1.54, 1.807) is 16.7 Å². The molecule has 3 saturated carbocycles. The molecule has 1 saturated heterocycles. The van der Waals surface area contributed by atoms with Crippen molar-refractivity contribution in [1.82, 2.24) is 24.9 Å². The van der Waals surface area contributed by atoms with Crippen LogP contribution < -0.4 is 10.6 Å². The first-order chi connectivity index (χ1) is 14.4. The Morgan fingerprint density at radius 1 is 1.23 bits per heavy atom. The molecule has 2 amide bonds. The molecule has 2 aromatic heterocycles. The normalized spacial score (nSPS) is 27.5. The molecule has 7 heteroatoms. The lowest BCUT2D eigenvalue weighted by Crippen LogP contribution is -2.54. The summed E-state index contributed by atoms with van der Waals surface area (Å²) in [4.78, 5) is 32.1. The van der Waals surface area contributed by atoms with E-state index in [1.807, 2.05) is 17.0 Å². The number of hydrogen-bond donors (Lipinski definition) is 2. The van der Waals surface area contributed by atoms with Crippen molar-refractivity contribution in [3.05, 3.63) is 35.8 Å². The SMILES string of the molecule is CC1(C)[C@H]2CC[C@@H](CNC(=O)c3cccc4nc(C(=O)N5CCNCC5)cn34)[C@@H]1C2. The van der Waals surface area contributed by atoms with Crippen LogP contribution in [0, 0.1) is 23.2 Å². The molecule has 160 valence electrons. The Morgan fingerprint density at radius 2 is 2.03 bits per heavy atom. The van der Waals surface area contributed by atoms with Crippen LogP contribution in [0.1, 0.15) is 54.1 Å². The third-order valence-electron chi connectivity index (χ3n) is 7.87. The number of carbonyl (C=O) groups is 2. The highest BCUT2D eigenvalue weighted by Crippen LogP contribution is 2.61. The molecular weight excluding hydrogens is 378 g/mol. The van der Waals surface area contributed by atoms with Crippen LogP contribution in [0.4, 0.5) is 0 Å². The van der Waals surface area contributed by atoms with Gasteiger partial charge in [0.15, 0.2) is 0 Å². The van der Waals surface area contributed by atoms with E-state index in [9.17, 15) is 9.59 Å². The molecular formula is C23H31N5O2. The average Bonchev–Trinajstić information content (AvgIpc) is 3.22. The second-order valence-corrected chi connectivity index (χ2v) is 9.72. The minimum Gasteiger partial charge on any atom is -0.350 e. The van der Waals surface area contributed by atoms with E-state index >= 15 is 0 Å². The third kappa shape index (κ3) is 3.20. The summed E-state index contributed by atoms with van der Waals surface area (Å²) >= 11 is 0. The monoisotopic (exact) mass is 409 g/mol. The van der Waals surface area contributed by atoms with Crippen molar-refractivity contribution in [3.63, 3.8) is 0 Å². The van der Waals surface area contributed by atoms with Gasteiger partial charge in [0, 0.05) is 38.9 Å². The zero-order valence-corrected chi connectivity index (χ0v) is 17.9. The summed E-state index contributed by atoms with van der Waals surface area (Å²) in [5.74, 6) is 1.96. The van der Waals surface area contributed by atoms with Crippen LogP contribution in [0.3, 0.4) is 0 Å². The van der Waals surface area contributed by atoms with Crippen LogP contribution in [0.5, 0.6) is 0 Å². The first kappa shape index (κ1) is 19.5. The number of amides is 2. The van der Waals surface area contributed by atoms with Crippen LogP contribution >= 0.6 is 0 Å². The second-order valence-electron chi connectivity index (χ2n) is 9.72. The summed E-state index contributed by atoms with van der Waals surface area (Å²) in [5, 5.41) is 6.42. The number of rotatable bonds is 4. The Bertz CT molecular complexity index is 973. The molecule has 3 atom stereocenters. The first-order valence-electron chi connectivity index (χ1n) is 11.2. The number of carbonyl (C=O) groups excluding carboxylic acids is 2. The van der Waals surface area contributed by atoms with E-state index < -0.39 is 0 Å². The summed E-state index contributed by atoms with van der Waals surface area (Å²) in [6, 6.07) is 5.47. The van der Waals surface area contributed by atoms with Gasteiger partial charge < -0.3 is 15.5 Å². The number of fused-ring (bicyclic) bond motifs is 3. The molecule has 6 rings (SSSR count). The summed E-state index contributed by atoms with van der Waals surface area (Å²) in [7, 11) is 0. The number of aromatic nitrogens is 2. The quantitative estimate of drug-likeness (QED) is 0.811. The molecule has 1 aliphatic heterocycles. The second kappa shape index (κ2) is 7.38. The number of piperazine rings is 1. The van der Waals surface area contributed by atoms with Crippen LogP contribution in [0.2, 0.25) is 0 Å². The van der Waals surface area contributed by atoms with Crippen LogP contribution in [0.15, 0.2) is 24.4 Å². The molecule has 0 aromatic carbocycles. The molecule has 2 aromatic rings. The van der Waals surface area contributed by atoms with E-state index in [2.05, 4.69) is 29.5 Å². The Kier molecular flexibility index (Phi) is 4.81. The molecule has 2 bridgehead atoms. The van der Waals surface area contributed by atoms with Gasteiger partial charge in [0.25, 0.3) is 11.8 Å². The lowest BCUT2D eigenvalue weighted by Gasteiger charge is -2.60. The molecule has 30 heavy (non-hydrogen) atoms. The van der Waals surface area contributed by atoms with Gasteiger partial charge in [-0.05, 0) is 54.6 Å². The van der Waals surface area contributed by atoms with Crippen molar-refractivity contribution in [3.8, 4) is 0 Å². The van der Waals surface area contributed by atoms with Crippen LogP contribution in [0.25, 0.3) is 5.65 Å². The molecule has 7 nitrogen and oxygen atoms in total. The predicted octanol–water partition coefficient (Wildman–Crippen LogP) is 2.18. The van der Waals surface area contributed by atoms with Crippen molar-refractivity contribution in [2.75, 3.05) is 32.7 Å². The maximum atomic E-state index is 13.0. The average molecular weight is 410 g/mol. The van der Waals surface area contributed by atoms with Gasteiger partial charge in [-0.1, -0.05) is 19.9 Å². The van der Waals surface area contributed by atoms with Crippen molar-refractivity contribution in [1.29, 1.82) is 0 Å². The summed E-state index contributed by atoms with van der Waals surface area (Å²) < 4.78 is 1.74. The highest BCUT2D eigenvalue weighted by atomic mass is 16.2. The van der Waals surface area contributed by atoms with Gasteiger partial charge in [0.2, 0.25) is 0 Å². The zero-order chi connectivity index (χ0) is 20.9. The smallest absolute Gasteiger partial charge is 0.274 e. The lowest BCUT2D eigenvalue weighted by molar-refractivity contribution is -0.103. The summed E-state index contributed by atoms with van der Waals surface area (Å²) in [6.07, 6.45) is 5.49. The predicted molar refractivity (Wildman–Crippen MR) is 114 cm³/mol. The van der Waals surface area contributed by atoms with Crippen LogP contribution in [-0.4, -0.2) is 58.8 Å². The molecule has 3 heterocycles. The summed E-state index contributed by atoms with van der Waals surface area (Å²) in [5.41, 5.74) is 1.96. The standard InChI is InChI=1S/C23H31N5O2/c1-23(2)16-7-6-15(17(23)12-16)13-25-21(29)19-4-3-5-20-26-18(14-28(19)20)22(30)27-10-8-24-9-11-27/h3-5,14-17,24H,6-13H2,1-2H3,(H,25,29)/t15-,16-,17-/m0/s1. The molecule has 2 N–H and O–H groups in total. The van der Waals surface area contributed by atoms with E-state index in [0.29, 0.717) is 47.4 Å². The molecule has 0 spiro atoms. The van der Waals surface area contributed by atoms with Gasteiger partial charge in [-0.2, -0.15) is 0 Å². The fraction of sp³-hybridized carbons (Fsp3) is 0.609. The highest BCUT2D eigenvalue weighted by molar-refractivity contribution is 5.95. The Morgan fingerprint density at radius 3 is 2.77 bits per heavy atom. The molecule has 4 aliphatic rings. The number of nitrogens with one attached hydrogen (secondary N) is 2. The van der Waals surface area contributed by atoms with E-state index in [0.717, 1.165) is 25.6 Å². The van der Waals surface area contributed by atoms with Crippen molar-refractivity contribution in [2.24, 2.45) is 23.2 Å². The third-order valence-corrected chi connectivity index (χ3v) is 7.87. The Labute approximate surface area is 177 Å². The Hall–Kier alpha value is -2.41. The van der Waals surface area contributed by atoms with Gasteiger partial charge in [-0.3, -0.25) is 14.0 Å². The molecule has 3 aliphatic carbocycles. The number of imidazole rings is 1. The molecule has 0 radical (unpaired) electrons. The van der Waals surface area contributed by atoms with Crippen LogP contribution in [-0.2, 0) is 0 Å². The lowest BCUT2D eigenvalue weighted by atomic mass is 9.45. The fourth-order valence-electron chi connectivity index (χ4n) is 5.85. The van der Waals surface area contributed by atoms with Crippen molar-refractivity contribution in [2.45, 2.75) is 33.1 Å². The van der Waals surface area contributed by atoms with E-state index in [-0.39, 0.29) is 11.8 Å². The maximum Gasteiger partial charge on any atom is 0.274 e. The fourth-order valence-corrected chi connectivity index (χ4v) is 5.85. The minimum atomic E-state index is -0.0987. The van der Waals surface area contributed by atoms with Crippen molar-refractivity contribution >= 4 is 17.5 Å². The van der Waals surface area contributed by atoms with E-state index in [1.165, 1.54) is 19.3 Å². The van der Waals surface area contributed by atoms with Gasteiger partial charge in [-0.25, -0.2) is 4.98 Å². The number of hydrogen-bond acceptors (Lipinski definition) is 4. The zero-order valence-electron chi connectivity index (χ0n) is 17.9. The summed E-state index contributed by atoms with van der Waals surface area (Å²) in [6.45, 7) is 8.43. The minimum absolute atomic E-state index is 0.0736. The first-order valence-corrected chi connectivity index (χ1v) is 11.2. The molecule has 0 unspecified atom stereocenters. The number of nitrogens with zero attached hydrogens (tertiary/aromatic N) is 3. The Balaban J connectivity index is 1.31. The topological polar surface area (TPSA) is 78.7 Å². The number of pyridine rings is 1. The maximum absolute atomic E-state index is 13.0. The highest BCUT2D eigenvalue weighted by Gasteiger charge is 2.53. The van der Waals surface area contributed by atoms with Gasteiger partial charge >= 0.3 is 0 Å².